The molecule has 0 aromatic carbocycles. The molecule has 0 radical (unpaired) electrons. The lowest BCUT2D eigenvalue weighted by Crippen LogP contribution is -2.44. The summed E-state index contributed by atoms with van der Waals surface area (Å²) in [5, 5.41) is 16.1. The molecule has 0 spiro atoms. The van der Waals surface area contributed by atoms with Crippen LogP contribution in [0.4, 0.5) is 5.82 Å². The van der Waals surface area contributed by atoms with Gasteiger partial charge in [0.15, 0.2) is 0 Å². The van der Waals surface area contributed by atoms with Gasteiger partial charge >= 0.3 is 0 Å². The normalized spacial score (nSPS) is 12.2. The van der Waals surface area contributed by atoms with Gasteiger partial charge in [0.25, 0.3) is 5.91 Å². The molecule has 2 amide bonds. The molecule has 0 unspecified atom stereocenters. The van der Waals surface area contributed by atoms with E-state index in [1.807, 2.05) is 13.8 Å². The molecule has 2 aromatic heterocycles. The number of hydrogen-bond acceptors (Lipinski definition) is 4. The van der Waals surface area contributed by atoms with E-state index in [4.69, 9.17) is 0 Å². The Labute approximate surface area is 134 Å². The quantitative estimate of drug-likeness (QED) is 0.745. The van der Waals surface area contributed by atoms with Crippen LogP contribution < -0.4 is 10.6 Å². The fraction of sp³-hybridized carbons (Fsp3) is 0.467. The topological polar surface area (TPSA) is 105 Å². The average Bonchev–Trinajstić information content (AvgIpc) is 3.07. The van der Waals surface area contributed by atoms with Crippen molar-refractivity contribution in [2.45, 2.75) is 33.2 Å². The van der Waals surface area contributed by atoms with Gasteiger partial charge in [0, 0.05) is 19.3 Å². The Hall–Kier alpha value is -2.64. The number of rotatable bonds is 6. The van der Waals surface area contributed by atoms with Crippen LogP contribution in [-0.4, -0.2) is 37.8 Å². The maximum absolute atomic E-state index is 12.4. The summed E-state index contributed by atoms with van der Waals surface area (Å²) in [6.07, 6.45) is 3.72. The zero-order valence-electron chi connectivity index (χ0n) is 13.8. The minimum atomic E-state index is -0.634. The smallest absolute Gasteiger partial charge is 0.255 e. The first-order valence-corrected chi connectivity index (χ1v) is 7.48. The van der Waals surface area contributed by atoms with Crippen LogP contribution in [0.2, 0.25) is 0 Å². The van der Waals surface area contributed by atoms with Gasteiger partial charge in [-0.05, 0) is 19.3 Å². The number of anilines is 1. The number of aryl methyl sites for hydroxylation is 2. The highest BCUT2D eigenvalue weighted by Gasteiger charge is 2.24. The lowest BCUT2D eigenvalue weighted by Gasteiger charge is -2.19. The zero-order valence-corrected chi connectivity index (χ0v) is 13.8. The Morgan fingerprint density at radius 1 is 1.39 bits per heavy atom. The van der Waals surface area contributed by atoms with Crippen LogP contribution in [0.3, 0.4) is 0 Å². The van der Waals surface area contributed by atoms with Gasteiger partial charge < -0.3 is 10.6 Å². The molecule has 8 heteroatoms. The molecule has 0 saturated heterocycles. The SMILES string of the molecule is Cc1nn(C)cc1C(=O)N[C@@H](CC(C)C)C(=O)Nc1ccn[nH]1. The molecule has 23 heavy (non-hydrogen) atoms. The standard InChI is InChI=1S/C15H22N6O2/c1-9(2)7-12(15(23)18-13-5-6-16-19-13)17-14(22)11-8-21(4)20-10(11)3/h5-6,8-9,12H,7H2,1-4H3,(H,17,22)(H2,16,18,19,23)/t12-/m0/s1. The van der Waals surface area contributed by atoms with Gasteiger partial charge in [-0.3, -0.25) is 19.4 Å². The molecule has 124 valence electrons. The summed E-state index contributed by atoms with van der Waals surface area (Å²) >= 11 is 0. The van der Waals surface area contributed by atoms with Crippen LogP contribution in [0.15, 0.2) is 18.5 Å². The van der Waals surface area contributed by atoms with E-state index < -0.39 is 6.04 Å². The number of nitrogens with zero attached hydrogens (tertiary/aromatic N) is 3. The minimum Gasteiger partial charge on any atom is -0.340 e. The van der Waals surface area contributed by atoms with E-state index in [2.05, 4.69) is 25.9 Å². The van der Waals surface area contributed by atoms with Gasteiger partial charge in [0.05, 0.1) is 17.5 Å². The van der Waals surface area contributed by atoms with Crippen molar-refractivity contribution >= 4 is 17.6 Å². The Kier molecular flexibility index (Phi) is 5.15. The summed E-state index contributed by atoms with van der Waals surface area (Å²) < 4.78 is 1.58. The zero-order chi connectivity index (χ0) is 17.0. The first-order valence-electron chi connectivity index (χ1n) is 7.48. The number of aromatic nitrogens is 4. The Bertz CT molecular complexity index is 674. The summed E-state index contributed by atoms with van der Waals surface area (Å²) in [6.45, 7) is 5.76. The van der Waals surface area contributed by atoms with E-state index in [1.54, 1.807) is 37.1 Å². The first-order chi connectivity index (χ1) is 10.9. The third-order valence-corrected chi connectivity index (χ3v) is 3.35. The van der Waals surface area contributed by atoms with Gasteiger partial charge in [0.1, 0.15) is 11.9 Å². The van der Waals surface area contributed by atoms with E-state index in [0.29, 0.717) is 23.5 Å². The van der Waals surface area contributed by atoms with E-state index in [1.165, 1.54) is 0 Å². The van der Waals surface area contributed by atoms with E-state index in [0.717, 1.165) is 0 Å². The number of aromatic amines is 1. The van der Waals surface area contributed by atoms with Gasteiger partial charge in [-0.15, -0.1) is 0 Å². The molecular weight excluding hydrogens is 296 g/mol. The molecule has 0 fully saturated rings. The Morgan fingerprint density at radius 2 is 2.13 bits per heavy atom. The predicted octanol–water partition coefficient (Wildman–Crippen LogP) is 1.23. The fourth-order valence-electron chi connectivity index (χ4n) is 2.31. The van der Waals surface area contributed by atoms with Gasteiger partial charge in [-0.1, -0.05) is 13.8 Å². The predicted molar refractivity (Wildman–Crippen MR) is 85.9 cm³/mol. The molecule has 8 nitrogen and oxygen atoms in total. The van der Waals surface area contributed by atoms with Crippen molar-refractivity contribution in [2.75, 3.05) is 5.32 Å². The van der Waals surface area contributed by atoms with Crippen LogP contribution >= 0.6 is 0 Å². The molecule has 2 aromatic rings. The van der Waals surface area contributed by atoms with Crippen molar-refractivity contribution in [2.24, 2.45) is 13.0 Å². The average molecular weight is 318 g/mol. The maximum Gasteiger partial charge on any atom is 0.255 e. The largest absolute Gasteiger partial charge is 0.340 e. The van der Waals surface area contributed by atoms with E-state index in [-0.39, 0.29) is 17.7 Å². The second-order valence-corrected chi connectivity index (χ2v) is 5.92. The molecule has 0 bridgehead atoms. The first kappa shape index (κ1) is 16.7. The molecule has 3 N–H and O–H groups in total. The van der Waals surface area contributed by atoms with Crippen LogP contribution in [0.1, 0.15) is 36.3 Å². The van der Waals surface area contributed by atoms with Gasteiger partial charge in [0.2, 0.25) is 5.91 Å². The number of H-pyrrole nitrogens is 1. The van der Waals surface area contributed by atoms with Crippen molar-refractivity contribution in [3.63, 3.8) is 0 Å². The van der Waals surface area contributed by atoms with Crippen molar-refractivity contribution in [1.82, 2.24) is 25.3 Å². The van der Waals surface area contributed by atoms with Gasteiger partial charge in [-0.25, -0.2) is 0 Å². The molecule has 2 heterocycles. The molecule has 2 rings (SSSR count). The summed E-state index contributed by atoms with van der Waals surface area (Å²) in [6, 6.07) is 1.02. The molecule has 0 saturated carbocycles. The minimum absolute atomic E-state index is 0.253. The van der Waals surface area contributed by atoms with E-state index >= 15 is 0 Å². The second-order valence-electron chi connectivity index (χ2n) is 5.92. The van der Waals surface area contributed by atoms with Crippen LogP contribution in [0, 0.1) is 12.8 Å². The summed E-state index contributed by atoms with van der Waals surface area (Å²) in [4.78, 5) is 24.8. The van der Waals surface area contributed by atoms with Crippen molar-refractivity contribution < 1.29 is 9.59 Å². The Balaban J connectivity index is 2.10. The number of amides is 2. The van der Waals surface area contributed by atoms with Gasteiger partial charge in [-0.2, -0.15) is 10.2 Å². The monoisotopic (exact) mass is 318 g/mol. The lowest BCUT2D eigenvalue weighted by molar-refractivity contribution is -0.118. The highest BCUT2D eigenvalue weighted by atomic mass is 16.2. The lowest BCUT2D eigenvalue weighted by atomic mass is 10.0. The molecule has 0 aliphatic heterocycles. The summed E-state index contributed by atoms with van der Waals surface area (Å²) in [7, 11) is 1.75. The highest BCUT2D eigenvalue weighted by Crippen LogP contribution is 2.11. The van der Waals surface area contributed by atoms with E-state index in [9.17, 15) is 9.59 Å². The number of carbonyl (C=O) groups excluding carboxylic acids is 2. The third kappa shape index (κ3) is 4.41. The molecule has 0 aliphatic carbocycles. The fourth-order valence-corrected chi connectivity index (χ4v) is 2.31. The highest BCUT2D eigenvalue weighted by molar-refractivity contribution is 6.01. The second kappa shape index (κ2) is 7.08. The molecular formula is C15H22N6O2. The van der Waals surface area contributed by atoms with Crippen LogP contribution in [-0.2, 0) is 11.8 Å². The van der Waals surface area contributed by atoms with Crippen LogP contribution in [0.25, 0.3) is 0 Å². The number of nitrogens with one attached hydrogen (secondary N) is 3. The Morgan fingerprint density at radius 3 is 2.65 bits per heavy atom. The number of carbonyl (C=O) groups is 2. The summed E-state index contributed by atoms with van der Waals surface area (Å²) in [5.41, 5.74) is 1.10. The van der Waals surface area contributed by atoms with Crippen molar-refractivity contribution in [3.05, 3.63) is 29.7 Å². The molecule has 0 aliphatic rings. The molecule has 1 atom stereocenters. The maximum atomic E-state index is 12.4. The summed E-state index contributed by atoms with van der Waals surface area (Å²) in [5.74, 6) is 0.164. The van der Waals surface area contributed by atoms with Crippen molar-refractivity contribution in [1.29, 1.82) is 0 Å². The third-order valence-electron chi connectivity index (χ3n) is 3.35. The van der Waals surface area contributed by atoms with Crippen molar-refractivity contribution in [3.8, 4) is 0 Å². The van der Waals surface area contributed by atoms with Crippen LogP contribution in [0.5, 0.6) is 0 Å². The number of hydrogen-bond donors (Lipinski definition) is 3.